The number of amides is 1. The molecule has 3 nitrogen and oxygen atoms in total. The molecule has 0 aromatic heterocycles. The number of benzene rings is 1. The molecule has 0 saturated heterocycles. The molecule has 0 aliphatic carbocycles. The lowest BCUT2D eigenvalue weighted by Crippen LogP contribution is -2.26. The van der Waals surface area contributed by atoms with Crippen LogP contribution in [0.5, 0.6) is 0 Å². The van der Waals surface area contributed by atoms with Crippen molar-refractivity contribution in [1.82, 2.24) is 0 Å². The SMILES string of the molecule is CON(C(C)=O)c1ccccc1. The van der Waals surface area contributed by atoms with Gasteiger partial charge in [-0.05, 0) is 12.1 Å². The van der Waals surface area contributed by atoms with Gasteiger partial charge in [-0.2, -0.15) is 5.06 Å². The first-order valence-corrected chi connectivity index (χ1v) is 3.65. The van der Waals surface area contributed by atoms with Crippen molar-refractivity contribution in [2.75, 3.05) is 12.2 Å². The van der Waals surface area contributed by atoms with Gasteiger partial charge in [0.1, 0.15) is 0 Å². The first-order valence-electron chi connectivity index (χ1n) is 3.65. The van der Waals surface area contributed by atoms with Gasteiger partial charge in [-0.15, -0.1) is 0 Å². The van der Waals surface area contributed by atoms with Crippen LogP contribution < -0.4 is 5.06 Å². The summed E-state index contributed by atoms with van der Waals surface area (Å²) in [6.45, 7) is 1.45. The zero-order chi connectivity index (χ0) is 8.97. The first-order chi connectivity index (χ1) is 5.75. The molecule has 64 valence electrons. The van der Waals surface area contributed by atoms with Gasteiger partial charge in [0.15, 0.2) is 0 Å². The van der Waals surface area contributed by atoms with Crippen molar-refractivity contribution in [1.29, 1.82) is 0 Å². The molecule has 1 amide bonds. The summed E-state index contributed by atoms with van der Waals surface area (Å²) in [6.07, 6.45) is 0. The Labute approximate surface area is 71.5 Å². The van der Waals surface area contributed by atoms with Crippen LogP contribution in [0.25, 0.3) is 0 Å². The van der Waals surface area contributed by atoms with Crippen molar-refractivity contribution in [3.63, 3.8) is 0 Å². The zero-order valence-electron chi connectivity index (χ0n) is 7.15. The molecule has 0 N–H and O–H groups in total. The van der Waals surface area contributed by atoms with E-state index in [0.29, 0.717) is 0 Å². The number of carbonyl (C=O) groups excluding carboxylic acids is 1. The number of hydrogen-bond acceptors (Lipinski definition) is 2. The van der Waals surface area contributed by atoms with Crippen LogP contribution in [0.15, 0.2) is 30.3 Å². The van der Waals surface area contributed by atoms with Gasteiger partial charge in [-0.3, -0.25) is 9.63 Å². The maximum atomic E-state index is 11.0. The van der Waals surface area contributed by atoms with Crippen molar-refractivity contribution >= 4 is 11.6 Å². The minimum Gasteiger partial charge on any atom is -0.273 e. The molecule has 0 heterocycles. The molecule has 0 saturated carbocycles. The minimum absolute atomic E-state index is 0.135. The third kappa shape index (κ3) is 1.83. The predicted molar refractivity (Wildman–Crippen MR) is 46.6 cm³/mol. The Morgan fingerprint density at radius 3 is 2.33 bits per heavy atom. The highest BCUT2D eigenvalue weighted by Gasteiger charge is 2.08. The highest BCUT2D eigenvalue weighted by atomic mass is 16.7. The van der Waals surface area contributed by atoms with Crippen LogP contribution in [0.2, 0.25) is 0 Å². The van der Waals surface area contributed by atoms with Crippen molar-refractivity contribution in [2.45, 2.75) is 6.92 Å². The first kappa shape index (κ1) is 8.74. The number of hydrogen-bond donors (Lipinski definition) is 0. The summed E-state index contributed by atoms with van der Waals surface area (Å²) in [5, 5.41) is 1.24. The van der Waals surface area contributed by atoms with Crippen LogP contribution in [-0.4, -0.2) is 13.0 Å². The molecule has 0 radical (unpaired) electrons. The average molecular weight is 165 g/mol. The van der Waals surface area contributed by atoms with Crippen LogP contribution in [-0.2, 0) is 9.63 Å². The van der Waals surface area contributed by atoms with E-state index in [1.54, 1.807) is 0 Å². The molecule has 12 heavy (non-hydrogen) atoms. The fourth-order valence-corrected chi connectivity index (χ4v) is 0.979. The highest BCUT2D eigenvalue weighted by Crippen LogP contribution is 2.12. The third-order valence-corrected chi connectivity index (χ3v) is 1.46. The quantitative estimate of drug-likeness (QED) is 0.623. The van der Waals surface area contributed by atoms with E-state index in [-0.39, 0.29) is 5.91 Å². The summed E-state index contributed by atoms with van der Waals surface area (Å²) in [5.74, 6) is -0.135. The maximum absolute atomic E-state index is 11.0. The molecule has 0 bridgehead atoms. The second-order valence-electron chi connectivity index (χ2n) is 2.33. The topological polar surface area (TPSA) is 29.5 Å². The molecule has 1 aromatic rings. The number of carbonyl (C=O) groups is 1. The molecule has 0 aliphatic heterocycles. The van der Waals surface area contributed by atoms with E-state index in [1.165, 1.54) is 19.1 Å². The molecule has 1 aromatic carbocycles. The second kappa shape index (κ2) is 3.88. The number of nitrogens with zero attached hydrogens (tertiary/aromatic N) is 1. The summed E-state index contributed by atoms with van der Waals surface area (Å²) in [7, 11) is 1.47. The van der Waals surface area contributed by atoms with Gasteiger partial charge < -0.3 is 0 Å². The third-order valence-electron chi connectivity index (χ3n) is 1.46. The Hall–Kier alpha value is -1.35. The maximum Gasteiger partial charge on any atom is 0.247 e. The van der Waals surface area contributed by atoms with Crippen molar-refractivity contribution < 1.29 is 9.63 Å². The summed E-state index contributed by atoms with van der Waals surface area (Å²) >= 11 is 0. The minimum atomic E-state index is -0.135. The predicted octanol–water partition coefficient (Wildman–Crippen LogP) is 1.60. The zero-order valence-corrected chi connectivity index (χ0v) is 7.15. The Kier molecular flexibility index (Phi) is 2.82. The smallest absolute Gasteiger partial charge is 0.247 e. The van der Waals surface area contributed by atoms with E-state index >= 15 is 0 Å². The van der Waals surface area contributed by atoms with E-state index < -0.39 is 0 Å². The van der Waals surface area contributed by atoms with Gasteiger partial charge in [0.05, 0.1) is 12.8 Å². The second-order valence-corrected chi connectivity index (χ2v) is 2.33. The highest BCUT2D eigenvalue weighted by molar-refractivity contribution is 5.89. The van der Waals surface area contributed by atoms with Gasteiger partial charge in [0, 0.05) is 6.92 Å². The standard InChI is InChI=1S/C9H11NO2/c1-8(11)10(12-2)9-6-4-3-5-7-9/h3-7H,1-2H3. The average Bonchev–Trinajstić information content (AvgIpc) is 2.07. The lowest BCUT2D eigenvalue weighted by molar-refractivity contribution is -0.122. The van der Waals surface area contributed by atoms with Gasteiger partial charge >= 0.3 is 0 Å². The lowest BCUT2D eigenvalue weighted by atomic mass is 10.3. The number of para-hydroxylation sites is 1. The molecular weight excluding hydrogens is 154 g/mol. The Balaban J connectivity index is 2.88. The fraction of sp³-hybridized carbons (Fsp3) is 0.222. The van der Waals surface area contributed by atoms with E-state index in [4.69, 9.17) is 4.84 Å². The molecule has 3 heteroatoms. The normalized spacial score (nSPS) is 9.50. The van der Waals surface area contributed by atoms with E-state index in [9.17, 15) is 4.79 Å². The monoisotopic (exact) mass is 165 g/mol. The molecule has 0 aliphatic rings. The fourth-order valence-electron chi connectivity index (χ4n) is 0.979. The number of rotatable bonds is 2. The van der Waals surface area contributed by atoms with E-state index in [0.717, 1.165) is 5.69 Å². The molecule has 0 unspecified atom stereocenters. The lowest BCUT2D eigenvalue weighted by Gasteiger charge is -2.16. The number of anilines is 1. The molecule has 0 spiro atoms. The van der Waals surface area contributed by atoms with Crippen LogP contribution >= 0.6 is 0 Å². The van der Waals surface area contributed by atoms with E-state index in [1.807, 2.05) is 30.3 Å². The van der Waals surface area contributed by atoms with Gasteiger partial charge in [-0.25, -0.2) is 0 Å². The van der Waals surface area contributed by atoms with Crippen LogP contribution in [0.3, 0.4) is 0 Å². The van der Waals surface area contributed by atoms with Gasteiger partial charge in [0.2, 0.25) is 5.91 Å². The Morgan fingerprint density at radius 2 is 1.92 bits per heavy atom. The van der Waals surface area contributed by atoms with Crippen LogP contribution in [0.1, 0.15) is 6.92 Å². The van der Waals surface area contributed by atoms with Crippen molar-refractivity contribution in [2.24, 2.45) is 0 Å². The summed E-state index contributed by atoms with van der Waals surface area (Å²) in [6, 6.07) is 9.21. The Bertz CT molecular complexity index is 258. The Morgan fingerprint density at radius 1 is 1.33 bits per heavy atom. The molecular formula is C9H11NO2. The largest absolute Gasteiger partial charge is 0.273 e. The molecule has 0 fully saturated rings. The van der Waals surface area contributed by atoms with Gasteiger partial charge in [0.25, 0.3) is 0 Å². The molecule has 0 atom stereocenters. The van der Waals surface area contributed by atoms with Crippen molar-refractivity contribution in [3.05, 3.63) is 30.3 Å². The number of hydroxylamine groups is 1. The summed E-state index contributed by atoms with van der Waals surface area (Å²) in [5.41, 5.74) is 0.743. The van der Waals surface area contributed by atoms with Gasteiger partial charge in [-0.1, -0.05) is 18.2 Å². The summed E-state index contributed by atoms with van der Waals surface area (Å²) < 4.78 is 0. The van der Waals surface area contributed by atoms with Crippen LogP contribution in [0.4, 0.5) is 5.69 Å². The van der Waals surface area contributed by atoms with Crippen LogP contribution in [0, 0.1) is 0 Å². The van der Waals surface area contributed by atoms with E-state index in [2.05, 4.69) is 0 Å². The molecule has 1 rings (SSSR count). The summed E-state index contributed by atoms with van der Waals surface area (Å²) in [4.78, 5) is 15.9. The van der Waals surface area contributed by atoms with Crippen molar-refractivity contribution in [3.8, 4) is 0 Å².